The molecule has 126 valence electrons. The fourth-order valence-corrected chi connectivity index (χ4v) is 10.7. The van der Waals surface area contributed by atoms with Crippen LogP contribution >= 0.6 is 19.5 Å². The molecule has 3 aliphatic carbocycles. The average Bonchev–Trinajstić information content (AvgIpc) is 2.50. The summed E-state index contributed by atoms with van der Waals surface area (Å²) >= 11 is 7.34. The van der Waals surface area contributed by atoms with Gasteiger partial charge in [0.1, 0.15) is 0 Å². The van der Waals surface area contributed by atoms with Gasteiger partial charge in [-0.05, 0) is 49.8 Å². The summed E-state index contributed by atoms with van der Waals surface area (Å²) in [6.45, 7) is 0. The minimum Gasteiger partial charge on any atom is -0.114 e. The molecule has 0 amide bonds. The van der Waals surface area contributed by atoms with Gasteiger partial charge in [0, 0.05) is 0 Å². The van der Waals surface area contributed by atoms with Crippen molar-refractivity contribution in [1.82, 2.24) is 0 Å². The molecule has 0 atom stereocenters. The van der Waals surface area contributed by atoms with Crippen LogP contribution in [-0.2, 0) is 22.4 Å². The van der Waals surface area contributed by atoms with Crippen molar-refractivity contribution in [2.24, 2.45) is 0 Å². The molecular formula is C18H32AuClP+. The van der Waals surface area contributed by atoms with E-state index in [2.05, 4.69) is 0 Å². The summed E-state index contributed by atoms with van der Waals surface area (Å²) in [5.41, 5.74) is 2.05. The Kier molecular flexibility index (Phi) is 8.12. The predicted molar refractivity (Wildman–Crippen MR) is 92.3 cm³/mol. The van der Waals surface area contributed by atoms with Crippen molar-refractivity contribution in [3.8, 4) is 0 Å². The van der Waals surface area contributed by atoms with Crippen LogP contribution in [0.1, 0.15) is 96.3 Å². The molecule has 0 bridgehead atoms. The minimum atomic E-state index is 0. The summed E-state index contributed by atoms with van der Waals surface area (Å²) in [5, 5.41) is 0. The van der Waals surface area contributed by atoms with Gasteiger partial charge < -0.3 is 0 Å². The topological polar surface area (TPSA) is 0 Å². The minimum absolute atomic E-state index is 0. The largest absolute Gasteiger partial charge is 1.00 e. The molecule has 0 aliphatic heterocycles. The molecule has 3 aliphatic rings. The Hall–Kier alpha value is 1.46. The molecule has 3 rings (SSSR count). The van der Waals surface area contributed by atoms with E-state index in [4.69, 9.17) is 11.6 Å². The second-order valence-electron chi connectivity index (χ2n) is 7.47. The molecular weight excluding hydrogens is 480 g/mol. The molecule has 0 nitrogen and oxygen atoms in total. The molecule has 0 aromatic heterocycles. The summed E-state index contributed by atoms with van der Waals surface area (Å²) < 4.78 is 0.248. The third-order valence-electron chi connectivity index (χ3n) is 6.02. The van der Waals surface area contributed by atoms with Crippen molar-refractivity contribution < 1.29 is 22.4 Å². The fourth-order valence-electron chi connectivity index (χ4n) is 5.02. The van der Waals surface area contributed by atoms with E-state index in [0.717, 1.165) is 11.3 Å². The van der Waals surface area contributed by atoms with Crippen molar-refractivity contribution in [1.29, 1.82) is 0 Å². The maximum absolute atomic E-state index is 7.34. The third-order valence-corrected chi connectivity index (χ3v) is 11.0. The fraction of sp³-hybridized carbons (Fsp3) is 1.00. The van der Waals surface area contributed by atoms with Gasteiger partial charge in [-0.3, -0.25) is 0 Å². The van der Waals surface area contributed by atoms with Gasteiger partial charge in [0.2, 0.25) is 0 Å². The van der Waals surface area contributed by atoms with Crippen LogP contribution in [0.5, 0.6) is 0 Å². The van der Waals surface area contributed by atoms with E-state index in [9.17, 15) is 0 Å². The van der Waals surface area contributed by atoms with E-state index in [-0.39, 0.29) is 34.9 Å². The van der Waals surface area contributed by atoms with Gasteiger partial charge in [-0.25, -0.2) is 0 Å². The van der Waals surface area contributed by atoms with E-state index < -0.39 is 0 Å². The van der Waals surface area contributed by atoms with Gasteiger partial charge >= 0.3 is 22.4 Å². The van der Waals surface area contributed by atoms with E-state index in [0.29, 0.717) is 0 Å². The monoisotopic (exact) mass is 511 g/mol. The molecule has 0 saturated heterocycles. The van der Waals surface area contributed by atoms with Gasteiger partial charge in [0.25, 0.3) is 0 Å². The van der Waals surface area contributed by atoms with E-state index >= 15 is 0 Å². The Bertz CT molecular complexity index is 274. The summed E-state index contributed by atoms with van der Waals surface area (Å²) in [5.74, 6) is 0. The van der Waals surface area contributed by atoms with Crippen molar-refractivity contribution in [3.05, 3.63) is 0 Å². The van der Waals surface area contributed by atoms with Gasteiger partial charge in [0.05, 0.1) is 4.62 Å². The zero-order valence-corrected chi connectivity index (χ0v) is 17.2. The molecule has 0 radical (unpaired) electrons. The standard InChI is InChI=1S/C18H32ClP.Au/c19-18(14-8-3-9-15-18)20(16-10-4-1-5-11-16)17-12-6-2-7-13-17;/h16-17H,1-15H2;/q;+1. The van der Waals surface area contributed by atoms with Gasteiger partial charge in [-0.15, -0.1) is 11.6 Å². The van der Waals surface area contributed by atoms with Crippen LogP contribution in [-0.4, -0.2) is 15.9 Å². The molecule has 3 fully saturated rings. The predicted octanol–water partition coefficient (Wildman–Crippen LogP) is 7.03. The number of hydrogen-bond acceptors (Lipinski definition) is 0. The van der Waals surface area contributed by atoms with Gasteiger partial charge in [-0.1, -0.05) is 65.7 Å². The molecule has 0 heterocycles. The molecule has 0 aromatic carbocycles. The number of halogens is 1. The summed E-state index contributed by atoms with van der Waals surface area (Å²) in [6.07, 6.45) is 21.9. The Morgan fingerprint density at radius 2 is 1.00 bits per heavy atom. The second-order valence-corrected chi connectivity index (χ2v) is 11.6. The quantitative estimate of drug-likeness (QED) is 0.217. The number of rotatable bonds is 3. The van der Waals surface area contributed by atoms with E-state index in [1.807, 2.05) is 0 Å². The first-order valence-corrected chi connectivity index (χ1v) is 11.1. The van der Waals surface area contributed by atoms with Crippen LogP contribution in [0.15, 0.2) is 0 Å². The number of alkyl halides is 1. The smallest absolute Gasteiger partial charge is 0.114 e. The molecule has 3 heteroatoms. The first-order valence-electron chi connectivity index (χ1n) is 9.27. The number of hydrogen-bond donors (Lipinski definition) is 0. The van der Waals surface area contributed by atoms with Gasteiger partial charge in [0.15, 0.2) is 0 Å². The van der Waals surface area contributed by atoms with Crippen LogP contribution in [0, 0.1) is 0 Å². The summed E-state index contributed by atoms with van der Waals surface area (Å²) in [4.78, 5) is 0. The van der Waals surface area contributed by atoms with Crippen LogP contribution < -0.4 is 0 Å². The maximum Gasteiger partial charge on any atom is 1.00 e. The zero-order valence-electron chi connectivity index (χ0n) is 13.4. The van der Waals surface area contributed by atoms with Gasteiger partial charge in [-0.2, -0.15) is 0 Å². The third kappa shape index (κ3) is 4.73. The Balaban J connectivity index is 0.00000161. The van der Waals surface area contributed by atoms with Crippen molar-refractivity contribution in [2.75, 3.05) is 0 Å². The summed E-state index contributed by atoms with van der Waals surface area (Å²) in [6, 6.07) is 0. The average molecular weight is 512 g/mol. The summed E-state index contributed by atoms with van der Waals surface area (Å²) in [7, 11) is 0.0682. The zero-order chi connectivity index (χ0) is 13.8. The maximum atomic E-state index is 7.34. The van der Waals surface area contributed by atoms with Crippen molar-refractivity contribution >= 4 is 19.5 Å². The van der Waals surface area contributed by atoms with Crippen LogP contribution in [0.2, 0.25) is 0 Å². The van der Waals surface area contributed by atoms with Crippen molar-refractivity contribution in [2.45, 2.75) is 112 Å². The van der Waals surface area contributed by atoms with Crippen LogP contribution in [0.25, 0.3) is 0 Å². The molecule has 21 heavy (non-hydrogen) atoms. The second kappa shape index (κ2) is 9.08. The van der Waals surface area contributed by atoms with Crippen LogP contribution in [0.4, 0.5) is 0 Å². The Morgan fingerprint density at radius 1 is 0.619 bits per heavy atom. The first-order chi connectivity index (χ1) is 9.80. The molecule has 0 unspecified atom stereocenters. The normalized spacial score (nSPS) is 28.3. The SMILES string of the molecule is ClC1(P(C2CCCCC2)C2CCCCC2)CCCCC1.[Au+]. The Morgan fingerprint density at radius 3 is 1.43 bits per heavy atom. The Labute approximate surface area is 153 Å². The van der Waals surface area contributed by atoms with E-state index in [1.165, 1.54) is 96.3 Å². The molecule has 0 N–H and O–H groups in total. The van der Waals surface area contributed by atoms with Crippen LogP contribution in [0.3, 0.4) is 0 Å². The molecule has 3 saturated carbocycles. The van der Waals surface area contributed by atoms with Crippen molar-refractivity contribution in [3.63, 3.8) is 0 Å². The molecule has 0 spiro atoms. The van der Waals surface area contributed by atoms with E-state index in [1.54, 1.807) is 0 Å². The first kappa shape index (κ1) is 18.8. The molecule has 0 aromatic rings.